The fourth-order valence-electron chi connectivity index (χ4n) is 6.44. The average Bonchev–Trinajstić information content (AvgIpc) is 2.98. The molecule has 44 heavy (non-hydrogen) atoms. The summed E-state index contributed by atoms with van der Waals surface area (Å²) in [6.45, 7) is 25.9. The fraction of sp³-hybridized carbons (Fsp3) is 0.425. The molecule has 233 valence electrons. The van der Waals surface area contributed by atoms with Crippen molar-refractivity contribution < 1.29 is 20.1 Å². The molecule has 2 aromatic carbocycles. The second kappa shape index (κ2) is 13.1. The molecule has 0 fully saturated rings. The number of hydrogen-bond acceptors (Lipinski definition) is 2. The van der Waals surface area contributed by atoms with E-state index in [1.165, 1.54) is 47.9 Å². The molecule has 1 radical (unpaired) electrons. The molecule has 2 aliphatic rings. The van der Waals surface area contributed by atoms with E-state index in [1.54, 1.807) is 24.4 Å². The van der Waals surface area contributed by atoms with E-state index < -0.39 is 0 Å². The number of pyridine rings is 2. The van der Waals surface area contributed by atoms with Gasteiger partial charge in [-0.3, -0.25) is 4.85 Å². The number of aromatic nitrogens is 2. The van der Waals surface area contributed by atoms with Crippen LogP contribution in [0.2, 0.25) is 0 Å². The molecule has 0 atom stereocenters. The number of rotatable bonds is 2. The Morgan fingerprint density at radius 2 is 1.23 bits per heavy atom. The van der Waals surface area contributed by atoms with Gasteiger partial charge in [-0.1, -0.05) is 87.4 Å². The van der Waals surface area contributed by atoms with Gasteiger partial charge in [-0.05, 0) is 69.5 Å². The molecule has 2 heterocycles. The minimum atomic E-state index is 0. The molecular weight excluding hydrogens is 715 g/mol. The third-order valence-electron chi connectivity index (χ3n) is 9.65. The molecule has 4 heteroatoms. The summed E-state index contributed by atoms with van der Waals surface area (Å²) in [7, 11) is 0. The number of fused-ring (bicyclic) bond motifs is 2. The summed E-state index contributed by atoms with van der Waals surface area (Å²) in [6, 6.07) is 24.6. The third kappa shape index (κ3) is 7.06. The number of nitrogens with zero attached hydrogens (tertiary/aromatic N) is 3. The first-order valence-corrected chi connectivity index (χ1v) is 15.1. The Morgan fingerprint density at radius 1 is 0.659 bits per heavy atom. The van der Waals surface area contributed by atoms with Crippen molar-refractivity contribution in [2.75, 3.05) is 0 Å². The van der Waals surface area contributed by atoms with Gasteiger partial charge in [0, 0.05) is 32.5 Å². The Labute approximate surface area is 280 Å². The third-order valence-corrected chi connectivity index (χ3v) is 9.65. The van der Waals surface area contributed by atoms with Crippen LogP contribution in [0.5, 0.6) is 0 Å². The van der Waals surface area contributed by atoms with Gasteiger partial charge in [0.15, 0.2) is 0 Å². The van der Waals surface area contributed by atoms with E-state index >= 15 is 0 Å². The first-order valence-electron chi connectivity index (χ1n) is 15.1. The van der Waals surface area contributed by atoms with Crippen LogP contribution < -0.4 is 0 Å². The normalized spacial score (nSPS) is 18.0. The zero-order valence-electron chi connectivity index (χ0n) is 26.9. The van der Waals surface area contributed by atoms with Gasteiger partial charge in [0.25, 0.3) is 0 Å². The molecule has 4 aromatic rings. The molecule has 2 aromatic heterocycles. The maximum Gasteiger partial charge on any atom is 0.108 e. The Hall–Kier alpha value is -3.12. The van der Waals surface area contributed by atoms with Crippen LogP contribution in [0.4, 0.5) is 5.69 Å². The Bertz CT molecular complexity index is 1560. The molecule has 0 saturated heterocycles. The van der Waals surface area contributed by atoms with E-state index in [1.807, 2.05) is 18.2 Å². The standard InChI is InChI=1S/C27H36N.C12H7N2.CH4.Ir/c1-24(2)11-12-25(3,4)20-15-18(9-10-19(20)24)23-16-21-22(17-28-23)27(7,8)14-13-26(21,5)6;1-13-11-6-4-5-10(9-11)12-7-2-3-8-14-12;;/h10,15-17H,11-14H2,1-8H3;2-4,6-9H;1H4;/q2*-1;;. The van der Waals surface area contributed by atoms with Crippen LogP contribution in [-0.2, 0) is 41.8 Å². The van der Waals surface area contributed by atoms with Gasteiger partial charge >= 0.3 is 0 Å². The van der Waals surface area contributed by atoms with Crippen molar-refractivity contribution in [1.82, 2.24) is 9.97 Å². The number of benzene rings is 2. The average molecular weight is 762 g/mol. The van der Waals surface area contributed by atoms with Crippen LogP contribution >= 0.6 is 0 Å². The Morgan fingerprint density at radius 3 is 1.82 bits per heavy atom. The minimum Gasteiger partial charge on any atom is -0.305 e. The van der Waals surface area contributed by atoms with Crippen molar-refractivity contribution in [2.45, 2.75) is 110 Å². The predicted octanol–water partition coefficient (Wildman–Crippen LogP) is 11.0. The molecule has 0 unspecified atom stereocenters. The predicted molar refractivity (Wildman–Crippen MR) is 181 cm³/mol. The van der Waals surface area contributed by atoms with E-state index in [9.17, 15) is 0 Å². The second-order valence-corrected chi connectivity index (χ2v) is 14.6. The van der Waals surface area contributed by atoms with Gasteiger partial charge in [0.05, 0.1) is 6.57 Å². The Kier molecular flexibility index (Phi) is 10.5. The monoisotopic (exact) mass is 762 g/mol. The maximum absolute atomic E-state index is 6.89. The van der Waals surface area contributed by atoms with Gasteiger partial charge in [0.1, 0.15) is 5.69 Å². The molecule has 0 bridgehead atoms. The molecule has 6 rings (SSSR count). The summed E-state index contributed by atoms with van der Waals surface area (Å²) in [4.78, 5) is 12.5. The van der Waals surface area contributed by atoms with Gasteiger partial charge in [0.2, 0.25) is 0 Å². The van der Waals surface area contributed by atoms with Gasteiger partial charge in [-0.25, -0.2) is 0 Å². The van der Waals surface area contributed by atoms with Crippen molar-refractivity contribution in [3.63, 3.8) is 0 Å². The zero-order valence-corrected chi connectivity index (χ0v) is 29.2. The smallest absolute Gasteiger partial charge is 0.108 e. The summed E-state index contributed by atoms with van der Waals surface area (Å²) in [5.74, 6) is 0. The maximum atomic E-state index is 6.89. The number of hydrogen-bond donors (Lipinski definition) is 0. The van der Waals surface area contributed by atoms with Crippen LogP contribution in [0.3, 0.4) is 0 Å². The summed E-state index contributed by atoms with van der Waals surface area (Å²) >= 11 is 0. The second-order valence-electron chi connectivity index (χ2n) is 14.6. The van der Waals surface area contributed by atoms with E-state index in [2.05, 4.69) is 102 Å². The topological polar surface area (TPSA) is 30.1 Å². The van der Waals surface area contributed by atoms with Crippen LogP contribution in [0.15, 0.2) is 67.0 Å². The summed E-state index contributed by atoms with van der Waals surface area (Å²) in [5, 5.41) is 0. The summed E-state index contributed by atoms with van der Waals surface area (Å²) < 4.78 is 0. The van der Waals surface area contributed by atoms with Gasteiger partial charge < -0.3 is 9.97 Å². The molecule has 2 aliphatic carbocycles. The fourth-order valence-corrected chi connectivity index (χ4v) is 6.44. The summed E-state index contributed by atoms with van der Waals surface area (Å²) in [6.07, 6.45) is 8.80. The first kappa shape index (κ1) is 35.4. The van der Waals surface area contributed by atoms with Crippen LogP contribution in [0.25, 0.3) is 27.4 Å². The molecule has 0 spiro atoms. The van der Waals surface area contributed by atoms with Crippen LogP contribution in [0.1, 0.15) is 111 Å². The Balaban J connectivity index is 0.000000280. The van der Waals surface area contributed by atoms with Crippen molar-refractivity contribution in [2.24, 2.45) is 0 Å². The largest absolute Gasteiger partial charge is 0.305 e. The first-order chi connectivity index (χ1) is 19.7. The van der Waals surface area contributed by atoms with Crippen molar-refractivity contribution in [3.8, 4) is 22.5 Å². The van der Waals surface area contributed by atoms with E-state index in [4.69, 9.17) is 11.6 Å². The molecular formula is C40H47IrN3-2. The van der Waals surface area contributed by atoms with Crippen molar-refractivity contribution >= 4 is 5.69 Å². The van der Waals surface area contributed by atoms with E-state index in [0.717, 1.165) is 22.5 Å². The molecule has 0 saturated carbocycles. The van der Waals surface area contributed by atoms with Crippen molar-refractivity contribution in [1.29, 1.82) is 0 Å². The van der Waals surface area contributed by atoms with E-state index in [-0.39, 0.29) is 49.2 Å². The molecule has 0 N–H and O–H groups in total. The summed E-state index contributed by atoms with van der Waals surface area (Å²) in [5.41, 5.74) is 11.2. The quantitative estimate of drug-likeness (QED) is 0.190. The van der Waals surface area contributed by atoms with E-state index in [0.29, 0.717) is 5.69 Å². The van der Waals surface area contributed by atoms with Crippen LogP contribution in [-0.4, -0.2) is 9.97 Å². The van der Waals surface area contributed by atoms with Crippen LogP contribution in [0, 0.1) is 18.7 Å². The van der Waals surface area contributed by atoms with Gasteiger partial charge in [-0.2, -0.15) is 6.07 Å². The van der Waals surface area contributed by atoms with Crippen molar-refractivity contribution in [3.05, 3.63) is 113 Å². The molecule has 0 amide bonds. The molecule has 0 aliphatic heterocycles. The zero-order chi connectivity index (χ0) is 30.3. The molecule has 3 nitrogen and oxygen atoms in total. The SMILES string of the molecule is C.CC1(C)CCC(C)(C)c2cc(-c3cc4c(cn3)C(C)(C)CCC4(C)C)[c-]cc21.[C-]#[N+]c1cc[c-]c(-c2ccccn2)c1.[Ir]. The minimum absolute atomic E-state index is 0. The van der Waals surface area contributed by atoms with Gasteiger partial charge in [-0.15, -0.1) is 58.7 Å².